The number of rotatable bonds is 3. The first-order valence-corrected chi connectivity index (χ1v) is 7.06. The van der Waals surface area contributed by atoms with Gasteiger partial charge in [0.1, 0.15) is 5.69 Å². The van der Waals surface area contributed by atoms with Gasteiger partial charge < -0.3 is 5.32 Å². The number of nitrogens with zero attached hydrogens (tertiary/aromatic N) is 3. The van der Waals surface area contributed by atoms with Crippen LogP contribution in [0.4, 0.5) is 5.69 Å². The Morgan fingerprint density at radius 3 is 2.60 bits per heavy atom. The van der Waals surface area contributed by atoms with Crippen molar-refractivity contribution in [3.63, 3.8) is 0 Å². The number of aryl methyl sites for hydroxylation is 1. The standard InChI is InChI=1S/C14H12N4OS/c1-9-7-12(18-14(16-9)20-2)13(19)17-11-5-3-10(8-15)4-6-11/h3-7H,1-2H3,(H,17,19). The quantitative estimate of drug-likeness (QED) is 0.692. The van der Waals surface area contributed by atoms with E-state index in [0.717, 1.165) is 5.69 Å². The third kappa shape index (κ3) is 3.33. The van der Waals surface area contributed by atoms with Crippen molar-refractivity contribution < 1.29 is 4.79 Å². The second-order valence-electron chi connectivity index (χ2n) is 4.02. The van der Waals surface area contributed by atoms with Gasteiger partial charge in [-0.3, -0.25) is 4.79 Å². The second kappa shape index (κ2) is 6.17. The Morgan fingerprint density at radius 2 is 2.00 bits per heavy atom. The monoisotopic (exact) mass is 284 g/mol. The van der Waals surface area contributed by atoms with E-state index in [1.54, 1.807) is 30.3 Å². The molecule has 0 fully saturated rings. The highest BCUT2D eigenvalue weighted by Gasteiger charge is 2.10. The maximum Gasteiger partial charge on any atom is 0.274 e. The number of hydrogen-bond acceptors (Lipinski definition) is 5. The summed E-state index contributed by atoms with van der Waals surface area (Å²) in [4.78, 5) is 20.5. The average Bonchev–Trinajstić information content (AvgIpc) is 2.47. The molecule has 0 aliphatic rings. The van der Waals surface area contributed by atoms with Gasteiger partial charge in [-0.25, -0.2) is 9.97 Å². The number of nitrogens with one attached hydrogen (secondary N) is 1. The van der Waals surface area contributed by atoms with Crippen LogP contribution in [-0.4, -0.2) is 22.1 Å². The van der Waals surface area contributed by atoms with Gasteiger partial charge in [0.15, 0.2) is 5.16 Å². The van der Waals surface area contributed by atoms with Crippen molar-refractivity contribution in [2.24, 2.45) is 0 Å². The number of carbonyl (C=O) groups is 1. The molecular weight excluding hydrogens is 272 g/mol. The van der Waals surface area contributed by atoms with Crippen molar-refractivity contribution >= 4 is 23.4 Å². The Balaban J connectivity index is 2.19. The summed E-state index contributed by atoms with van der Waals surface area (Å²) in [7, 11) is 0. The first kappa shape index (κ1) is 14.0. The van der Waals surface area contributed by atoms with E-state index in [2.05, 4.69) is 15.3 Å². The van der Waals surface area contributed by atoms with Crippen LogP contribution in [0.15, 0.2) is 35.5 Å². The van der Waals surface area contributed by atoms with Crippen molar-refractivity contribution in [2.75, 3.05) is 11.6 Å². The van der Waals surface area contributed by atoms with E-state index in [0.29, 0.717) is 22.1 Å². The maximum atomic E-state index is 12.1. The molecule has 5 nitrogen and oxygen atoms in total. The van der Waals surface area contributed by atoms with E-state index in [1.807, 2.05) is 19.2 Å². The number of carbonyl (C=O) groups excluding carboxylic acids is 1. The molecule has 2 rings (SSSR count). The van der Waals surface area contributed by atoms with Crippen LogP contribution in [0.1, 0.15) is 21.7 Å². The molecule has 0 radical (unpaired) electrons. The zero-order chi connectivity index (χ0) is 14.5. The van der Waals surface area contributed by atoms with Crippen LogP contribution in [0.5, 0.6) is 0 Å². The van der Waals surface area contributed by atoms with Crippen LogP contribution in [0, 0.1) is 18.3 Å². The predicted octanol–water partition coefficient (Wildman–Crippen LogP) is 2.63. The average molecular weight is 284 g/mol. The number of nitriles is 1. The highest BCUT2D eigenvalue weighted by atomic mass is 32.2. The molecule has 1 heterocycles. The molecule has 100 valence electrons. The number of anilines is 1. The molecule has 0 aliphatic heterocycles. The van der Waals surface area contributed by atoms with Crippen LogP contribution >= 0.6 is 11.8 Å². The fourth-order valence-corrected chi connectivity index (χ4v) is 2.00. The molecule has 20 heavy (non-hydrogen) atoms. The molecule has 0 unspecified atom stereocenters. The number of hydrogen-bond donors (Lipinski definition) is 1. The molecular formula is C14H12N4OS. The normalized spacial score (nSPS) is 9.85. The number of amides is 1. The van der Waals surface area contributed by atoms with E-state index >= 15 is 0 Å². The summed E-state index contributed by atoms with van der Waals surface area (Å²) >= 11 is 1.39. The Bertz CT molecular complexity index is 677. The third-order valence-corrected chi connectivity index (χ3v) is 3.07. The lowest BCUT2D eigenvalue weighted by Crippen LogP contribution is -2.14. The van der Waals surface area contributed by atoms with E-state index in [4.69, 9.17) is 5.26 Å². The fourth-order valence-electron chi connectivity index (χ4n) is 1.57. The van der Waals surface area contributed by atoms with Gasteiger partial charge in [-0.2, -0.15) is 5.26 Å². The van der Waals surface area contributed by atoms with Crippen LogP contribution in [0.25, 0.3) is 0 Å². The van der Waals surface area contributed by atoms with Crippen molar-refractivity contribution in [3.8, 4) is 6.07 Å². The van der Waals surface area contributed by atoms with Gasteiger partial charge in [0.05, 0.1) is 11.6 Å². The van der Waals surface area contributed by atoms with Gasteiger partial charge in [0, 0.05) is 11.4 Å². The van der Waals surface area contributed by atoms with Gasteiger partial charge >= 0.3 is 0 Å². The second-order valence-corrected chi connectivity index (χ2v) is 4.80. The van der Waals surface area contributed by atoms with E-state index in [-0.39, 0.29) is 5.91 Å². The number of aromatic nitrogens is 2. The van der Waals surface area contributed by atoms with E-state index in [9.17, 15) is 4.79 Å². The lowest BCUT2D eigenvalue weighted by molar-refractivity contribution is 0.102. The molecule has 0 saturated carbocycles. The Kier molecular flexibility index (Phi) is 4.33. The largest absolute Gasteiger partial charge is 0.321 e. The number of benzene rings is 1. The first-order chi connectivity index (χ1) is 9.62. The first-order valence-electron chi connectivity index (χ1n) is 5.83. The number of thioether (sulfide) groups is 1. The smallest absolute Gasteiger partial charge is 0.274 e. The molecule has 2 aromatic rings. The maximum absolute atomic E-state index is 12.1. The summed E-state index contributed by atoms with van der Waals surface area (Å²) in [6.07, 6.45) is 1.86. The predicted molar refractivity (Wildman–Crippen MR) is 77.7 cm³/mol. The van der Waals surface area contributed by atoms with Gasteiger partial charge in [-0.05, 0) is 43.5 Å². The van der Waals surface area contributed by atoms with Crippen LogP contribution in [0.2, 0.25) is 0 Å². The fraction of sp³-hybridized carbons (Fsp3) is 0.143. The molecule has 0 atom stereocenters. The minimum atomic E-state index is -0.296. The van der Waals surface area contributed by atoms with E-state index in [1.165, 1.54) is 11.8 Å². The zero-order valence-corrected chi connectivity index (χ0v) is 11.9. The lowest BCUT2D eigenvalue weighted by Gasteiger charge is -2.06. The van der Waals surface area contributed by atoms with Crippen molar-refractivity contribution in [3.05, 3.63) is 47.3 Å². The van der Waals surface area contributed by atoms with Gasteiger partial charge in [0.25, 0.3) is 5.91 Å². The lowest BCUT2D eigenvalue weighted by atomic mass is 10.2. The molecule has 1 aromatic heterocycles. The zero-order valence-electron chi connectivity index (χ0n) is 11.0. The topological polar surface area (TPSA) is 78.7 Å². The Hall–Kier alpha value is -2.39. The molecule has 0 bridgehead atoms. The third-order valence-electron chi connectivity index (χ3n) is 2.52. The molecule has 0 saturated heterocycles. The molecule has 0 aliphatic carbocycles. The van der Waals surface area contributed by atoms with Crippen molar-refractivity contribution in [1.29, 1.82) is 5.26 Å². The Morgan fingerprint density at radius 1 is 1.30 bits per heavy atom. The van der Waals surface area contributed by atoms with Gasteiger partial charge in [-0.1, -0.05) is 11.8 Å². The van der Waals surface area contributed by atoms with Gasteiger partial charge in [-0.15, -0.1) is 0 Å². The Labute approximate surface area is 121 Å². The van der Waals surface area contributed by atoms with E-state index < -0.39 is 0 Å². The van der Waals surface area contributed by atoms with Crippen LogP contribution < -0.4 is 5.32 Å². The summed E-state index contributed by atoms with van der Waals surface area (Å²) in [5.41, 5.74) is 2.24. The molecule has 1 N–H and O–H groups in total. The molecule has 1 amide bonds. The van der Waals surface area contributed by atoms with Crippen molar-refractivity contribution in [1.82, 2.24) is 9.97 Å². The molecule has 0 spiro atoms. The summed E-state index contributed by atoms with van der Waals surface area (Å²) < 4.78 is 0. The van der Waals surface area contributed by atoms with Crippen LogP contribution in [-0.2, 0) is 0 Å². The summed E-state index contributed by atoms with van der Waals surface area (Å²) in [5, 5.41) is 12.0. The minimum absolute atomic E-state index is 0.296. The summed E-state index contributed by atoms with van der Waals surface area (Å²) in [5.74, 6) is -0.296. The van der Waals surface area contributed by atoms with Gasteiger partial charge in [0.2, 0.25) is 0 Å². The van der Waals surface area contributed by atoms with Crippen molar-refractivity contribution in [2.45, 2.75) is 12.1 Å². The highest BCUT2D eigenvalue weighted by molar-refractivity contribution is 7.98. The summed E-state index contributed by atoms with van der Waals surface area (Å²) in [6.45, 7) is 1.82. The SMILES string of the molecule is CSc1nc(C)cc(C(=O)Nc2ccc(C#N)cc2)n1. The molecule has 1 aromatic carbocycles. The molecule has 6 heteroatoms. The van der Waals surface area contributed by atoms with Crippen LogP contribution in [0.3, 0.4) is 0 Å². The highest BCUT2D eigenvalue weighted by Crippen LogP contribution is 2.13. The minimum Gasteiger partial charge on any atom is -0.321 e. The summed E-state index contributed by atoms with van der Waals surface area (Å²) in [6, 6.07) is 10.3.